The molecular weight excluding hydrogens is 421 g/mol. The maximum atomic E-state index is 12.7. The number of carbonyl (C=O) groups is 1. The van der Waals surface area contributed by atoms with Crippen LogP contribution in [-0.2, 0) is 12.1 Å². The number of aromatic nitrogens is 1. The second kappa shape index (κ2) is 7.25. The molecule has 0 radical (unpaired) electrons. The molecule has 0 unspecified atom stereocenters. The number of nitrogens with zero attached hydrogens (tertiary/aromatic N) is 2. The van der Waals surface area contributed by atoms with Crippen molar-refractivity contribution < 1.29 is 27.4 Å². The average molecular weight is 440 g/mol. The first kappa shape index (κ1) is 20.4. The highest BCUT2D eigenvalue weighted by Gasteiger charge is 2.54. The Morgan fingerprint density at radius 1 is 1.06 bits per heavy atom. The first-order valence-corrected chi connectivity index (χ1v) is 10.2. The molecule has 3 aromatic rings. The minimum Gasteiger partial charge on any atom is -0.410 e. The Kier molecular flexibility index (Phi) is 4.62. The smallest absolute Gasteiger partial charge is 0.410 e. The van der Waals surface area contributed by atoms with E-state index in [1.807, 2.05) is 24.3 Å². The summed E-state index contributed by atoms with van der Waals surface area (Å²) in [6, 6.07) is 15.6. The third-order valence-electron chi connectivity index (χ3n) is 5.92. The Morgan fingerprint density at radius 3 is 2.47 bits per heavy atom. The first-order valence-electron chi connectivity index (χ1n) is 10.2. The van der Waals surface area contributed by atoms with Gasteiger partial charge in [0.2, 0.25) is 0 Å². The van der Waals surface area contributed by atoms with E-state index in [1.165, 1.54) is 6.07 Å². The van der Waals surface area contributed by atoms with Gasteiger partial charge in [-0.15, -0.1) is 13.2 Å². The van der Waals surface area contributed by atoms with Crippen molar-refractivity contribution in [3.05, 3.63) is 77.6 Å². The molecule has 8 heteroatoms. The zero-order chi connectivity index (χ0) is 22.5. The van der Waals surface area contributed by atoms with Gasteiger partial charge in [-0.25, -0.2) is 4.79 Å². The Balaban J connectivity index is 1.44. The van der Waals surface area contributed by atoms with Crippen molar-refractivity contribution in [1.82, 2.24) is 9.88 Å². The van der Waals surface area contributed by atoms with Gasteiger partial charge >= 0.3 is 12.5 Å². The maximum Gasteiger partial charge on any atom is 0.573 e. The molecule has 5 nitrogen and oxygen atoms in total. The highest BCUT2D eigenvalue weighted by molar-refractivity contribution is 5.77. The normalized spacial score (nSPS) is 16.9. The lowest BCUT2D eigenvalue weighted by molar-refractivity contribution is -0.274. The van der Waals surface area contributed by atoms with E-state index in [0.717, 1.165) is 35.2 Å². The third kappa shape index (κ3) is 3.66. The van der Waals surface area contributed by atoms with E-state index in [1.54, 1.807) is 42.3 Å². The number of alkyl halides is 3. The number of aryl methyl sites for hydroxylation is 1. The van der Waals surface area contributed by atoms with Gasteiger partial charge in [0.1, 0.15) is 11.5 Å². The highest BCUT2D eigenvalue weighted by atomic mass is 19.4. The van der Waals surface area contributed by atoms with Crippen LogP contribution in [0.15, 0.2) is 60.8 Å². The van der Waals surface area contributed by atoms with Gasteiger partial charge in [-0.3, -0.25) is 9.88 Å². The molecule has 0 bridgehead atoms. The van der Waals surface area contributed by atoms with Crippen molar-refractivity contribution in [3.8, 4) is 22.6 Å². The minimum absolute atomic E-state index is 0.231. The van der Waals surface area contributed by atoms with Crippen LogP contribution in [0.2, 0.25) is 0 Å². The van der Waals surface area contributed by atoms with Crippen LogP contribution in [0.3, 0.4) is 0 Å². The van der Waals surface area contributed by atoms with Crippen LogP contribution < -0.4 is 9.47 Å². The quantitative estimate of drug-likeness (QED) is 0.502. The molecule has 1 fully saturated rings. The van der Waals surface area contributed by atoms with Crippen molar-refractivity contribution in [1.29, 1.82) is 0 Å². The van der Waals surface area contributed by atoms with E-state index >= 15 is 0 Å². The van der Waals surface area contributed by atoms with Crippen LogP contribution in [-0.4, -0.2) is 22.3 Å². The number of benzene rings is 2. The van der Waals surface area contributed by atoms with E-state index in [2.05, 4.69) is 9.72 Å². The molecule has 0 spiro atoms. The Labute approximate surface area is 182 Å². The van der Waals surface area contributed by atoms with Crippen LogP contribution in [0.1, 0.15) is 29.7 Å². The maximum absolute atomic E-state index is 12.7. The zero-order valence-corrected chi connectivity index (χ0v) is 17.1. The molecule has 1 saturated carbocycles. The van der Waals surface area contributed by atoms with Crippen LogP contribution in [0, 0.1) is 6.92 Å². The van der Waals surface area contributed by atoms with E-state index in [-0.39, 0.29) is 5.75 Å². The van der Waals surface area contributed by atoms with Gasteiger partial charge < -0.3 is 9.47 Å². The van der Waals surface area contributed by atoms with Gasteiger partial charge in [-0.2, -0.15) is 0 Å². The molecule has 2 heterocycles. The minimum atomic E-state index is -4.74. The molecule has 1 aliphatic carbocycles. The van der Waals surface area contributed by atoms with Crippen LogP contribution in [0.5, 0.6) is 11.5 Å². The fourth-order valence-corrected chi connectivity index (χ4v) is 4.18. The summed E-state index contributed by atoms with van der Waals surface area (Å²) < 4.78 is 47.3. The lowest BCUT2D eigenvalue weighted by Crippen LogP contribution is -2.44. The largest absolute Gasteiger partial charge is 0.573 e. The number of rotatable bonds is 4. The summed E-state index contributed by atoms with van der Waals surface area (Å²) in [5.74, 6) is 0.255. The van der Waals surface area contributed by atoms with E-state index in [4.69, 9.17) is 4.74 Å². The van der Waals surface area contributed by atoms with Crippen LogP contribution in [0.25, 0.3) is 11.1 Å². The number of amides is 1. The number of halogens is 3. The Morgan fingerprint density at radius 2 is 1.81 bits per heavy atom. The molecule has 1 aliphatic heterocycles. The standard InChI is InChI=1S/C24H19F3N2O3/c1-15-12-16(5-7-19(15)32-24(25,26)27)17-6-8-20-18(13-17)14-29(22(30)31-20)23(9-10-23)21-4-2-3-11-28-21/h2-8,11-13H,9-10,14H2,1H3. The lowest BCUT2D eigenvalue weighted by Gasteiger charge is -2.35. The molecule has 0 N–H and O–H groups in total. The highest BCUT2D eigenvalue weighted by Crippen LogP contribution is 2.52. The fraction of sp³-hybridized carbons (Fsp3) is 0.250. The summed E-state index contributed by atoms with van der Waals surface area (Å²) in [7, 11) is 0. The van der Waals surface area contributed by atoms with Gasteiger partial charge in [0.05, 0.1) is 17.8 Å². The second-order valence-electron chi connectivity index (χ2n) is 8.05. The topological polar surface area (TPSA) is 51.7 Å². The van der Waals surface area contributed by atoms with Crippen molar-refractivity contribution in [3.63, 3.8) is 0 Å². The molecule has 1 aromatic heterocycles. The summed E-state index contributed by atoms with van der Waals surface area (Å²) in [6.45, 7) is 1.93. The SMILES string of the molecule is Cc1cc(-c2ccc3c(c2)CN(C2(c4ccccn4)CC2)C(=O)O3)ccc1OC(F)(F)F. The number of hydrogen-bond acceptors (Lipinski definition) is 4. The Bertz CT molecular complexity index is 1190. The number of ether oxygens (including phenoxy) is 2. The predicted molar refractivity (Wildman–Crippen MR) is 110 cm³/mol. The number of carbonyl (C=O) groups excluding carboxylic acids is 1. The second-order valence-corrected chi connectivity index (χ2v) is 8.05. The van der Waals surface area contributed by atoms with Crippen molar-refractivity contribution >= 4 is 6.09 Å². The van der Waals surface area contributed by atoms with Crippen LogP contribution in [0.4, 0.5) is 18.0 Å². The summed E-state index contributed by atoms with van der Waals surface area (Å²) in [5.41, 5.74) is 3.14. The van der Waals surface area contributed by atoms with Gasteiger partial charge in [0.25, 0.3) is 0 Å². The molecule has 2 aliphatic rings. The van der Waals surface area contributed by atoms with Gasteiger partial charge in [0.15, 0.2) is 0 Å². The van der Waals surface area contributed by atoms with Crippen molar-refractivity contribution in [2.75, 3.05) is 0 Å². The number of hydrogen-bond donors (Lipinski definition) is 0. The lowest BCUT2D eigenvalue weighted by atomic mass is 9.99. The van der Waals surface area contributed by atoms with Gasteiger partial charge in [0, 0.05) is 11.8 Å². The third-order valence-corrected chi connectivity index (χ3v) is 5.92. The van der Waals surface area contributed by atoms with Gasteiger partial charge in [-0.05, 0) is 72.9 Å². The van der Waals surface area contributed by atoms with Crippen molar-refractivity contribution in [2.45, 2.75) is 38.2 Å². The Hall–Kier alpha value is -3.55. The van der Waals surface area contributed by atoms with Gasteiger partial charge in [-0.1, -0.05) is 18.2 Å². The molecule has 5 rings (SSSR count). The summed E-state index contributed by atoms with van der Waals surface area (Å²) >= 11 is 0. The first-order chi connectivity index (χ1) is 15.2. The van der Waals surface area contributed by atoms with E-state index in [9.17, 15) is 18.0 Å². The molecular formula is C24H19F3N2O3. The molecule has 2 aromatic carbocycles. The number of fused-ring (bicyclic) bond motifs is 1. The molecule has 0 saturated heterocycles. The summed E-state index contributed by atoms with van der Waals surface area (Å²) in [6.07, 6.45) is -1.80. The van der Waals surface area contributed by atoms with E-state index < -0.39 is 18.0 Å². The monoisotopic (exact) mass is 440 g/mol. The molecule has 0 atom stereocenters. The average Bonchev–Trinajstić information content (AvgIpc) is 3.56. The fourth-order valence-electron chi connectivity index (χ4n) is 4.18. The van der Waals surface area contributed by atoms with E-state index in [0.29, 0.717) is 17.9 Å². The summed E-state index contributed by atoms with van der Waals surface area (Å²) in [5, 5.41) is 0. The summed E-state index contributed by atoms with van der Waals surface area (Å²) in [4.78, 5) is 18.9. The predicted octanol–water partition coefficient (Wildman–Crippen LogP) is 5.96. The number of pyridine rings is 1. The molecule has 164 valence electrons. The van der Waals surface area contributed by atoms with Crippen LogP contribution >= 0.6 is 0 Å². The van der Waals surface area contributed by atoms with Crippen molar-refractivity contribution in [2.24, 2.45) is 0 Å². The molecule has 1 amide bonds. The zero-order valence-electron chi connectivity index (χ0n) is 17.1. The molecule has 32 heavy (non-hydrogen) atoms.